The molecule has 0 aliphatic carbocycles. The van der Waals surface area contributed by atoms with Gasteiger partial charge in [0.2, 0.25) is 10.0 Å². The lowest BCUT2D eigenvalue weighted by Gasteiger charge is -2.11. The van der Waals surface area contributed by atoms with Crippen LogP contribution in [0.25, 0.3) is 0 Å². The number of benzene rings is 1. The zero-order valence-corrected chi connectivity index (χ0v) is 18.1. The molecular formula is C16H23IN4O2S2. The summed E-state index contributed by atoms with van der Waals surface area (Å²) in [6.07, 6.45) is 0.908. The molecule has 9 heteroatoms. The first-order valence-electron chi connectivity index (χ1n) is 7.47. The lowest BCUT2D eigenvalue weighted by Crippen LogP contribution is -2.33. The molecule has 0 amide bonds. The summed E-state index contributed by atoms with van der Waals surface area (Å²) < 4.78 is 25.2. The third kappa shape index (κ3) is 6.57. The van der Waals surface area contributed by atoms with Crippen LogP contribution in [0.3, 0.4) is 0 Å². The molecule has 0 spiro atoms. The summed E-state index contributed by atoms with van der Waals surface area (Å²) in [5.41, 5.74) is 6.74. The number of aliphatic imine (C=N–C) groups is 1. The molecule has 1 aromatic heterocycles. The quantitative estimate of drug-likeness (QED) is 0.351. The molecule has 0 radical (unpaired) electrons. The molecule has 0 unspecified atom stereocenters. The van der Waals surface area contributed by atoms with E-state index in [1.165, 1.54) is 23.3 Å². The van der Waals surface area contributed by atoms with Crippen molar-refractivity contribution in [2.45, 2.75) is 17.9 Å². The fraction of sp³-hybridized carbons (Fsp3) is 0.312. The molecule has 0 atom stereocenters. The van der Waals surface area contributed by atoms with Crippen LogP contribution in [0.4, 0.5) is 0 Å². The number of rotatable bonds is 7. The summed E-state index contributed by atoms with van der Waals surface area (Å²) in [6, 6.07) is 10.8. The normalized spacial score (nSPS) is 12.0. The molecule has 0 fully saturated rings. The maximum Gasteiger partial charge on any atom is 0.242 e. The number of nitrogens with one attached hydrogen (secondary N) is 1. The van der Waals surface area contributed by atoms with Gasteiger partial charge >= 0.3 is 0 Å². The van der Waals surface area contributed by atoms with E-state index in [9.17, 15) is 8.42 Å². The van der Waals surface area contributed by atoms with Crippen LogP contribution in [0.5, 0.6) is 0 Å². The highest BCUT2D eigenvalue weighted by molar-refractivity contribution is 14.0. The van der Waals surface area contributed by atoms with Gasteiger partial charge in [-0.2, -0.15) is 0 Å². The van der Waals surface area contributed by atoms with Gasteiger partial charge in [0.1, 0.15) is 0 Å². The first kappa shape index (κ1) is 21.9. The second-order valence-electron chi connectivity index (χ2n) is 5.39. The molecule has 3 N–H and O–H groups in total. The summed E-state index contributed by atoms with van der Waals surface area (Å²) >= 11 is 1.72. The number of halogens is 1. The van der Waals surface area contributed by atoms with Gasteiger partial charge < -0.3 is 11.1 Å². The first-order valence-corrected chi connectivity index (χ1v) is 9.79. The van der Waals surface area contributed by atoms with Crippen molar-refractivity contribution in [1.29, 1.82) is 0 Å². The number of nitrogens with zero attached hydrogens (tertiary/aromatic N) is 2. The van der Waals surface area contributed by atoms with Gasteiger partial charge in [-0.05, 0) is 35.6 Å². The zero-order valence-electron chi connectivity index (χ0n) is 14.2. The molecule has 1 aromatic carbocycles. The van der Waals surface area contributed by atoms with Gasteiger partial charge in [0.25, 0.3) is 0 Å². The summed E-state index contributed by atoms with van der Waals surface area (Å²) in [5, 5.41) is 5.12. The van der Waals surface area contributed by atoms with Gasteiger partial charge in [-0.1, -0.05) is 18.2 Å². The minimum atomic E-state index is -3.40. The number of nitrogens with two attached hydrogens (primary N) is 1. The van der Waals surface area contributed by atoms with Gasteiger partial charge in [0.05, 0.1) is 11.4 Å². The predicted octanol–water partition coefficient (Wildman–Crippen LogP) is 2.26. The van der Waals surface area contributed by atoms with Crippen LogP contribution in [-0.4, -0.2) is 39.3 Å². The Morgan fingerprint density at radius 1 is 1.24 bits per heavy atom. The van der Waals surface area contributed by atoms with Crippen molar-refractivity contribution in [2.75, 3.05) is 20.6 Å². The van der Waals surface area contributed by atoms with E-state index in [0.717, 1.165) is 18.5 Å². The van der Waals surface area contributed by atoms with Gasteiger partial charge in [-0.15, -0.1) is 35.3 Å². The first-order chi connectivity index (χ1) is 11.4. The van der Waals surface area contributed by atoms with Crippen LogP contribution in [0.1, 0.15) is 10.4 Å². The fourth-order valence-corrected chi connectivity index (χ4v) is 3.59. The molecule has 1 heterocycles. The number of hydrogen-bond donors (Lipinski definition) is 2. The summed E-state index contributed by atoms with van der Waals surface area (Å²) in [4.78, 5) is 5.83. The van der Waals surface area contributed by atoms with Crippen LogP contribution in [-0.2, 0) is 23.0 Å². The molecule has 0 aliphatic rings. The molecule has 6 nitrogen and oxygen atoms in total. The van der Waals surface area contributed by atoms with Gasteiger partial charge in [0, 0.05) is 25.5 Å². The van der Waals surface area contributed by atoms with E-state index < -0.39 is 10.0 Å². The van der Waals surface area contributed by atoms with E-state index in [4.69, 9.17) is 5.73 Å². The van der Waals surface area contributed by atoms with E-state index in [0.29, 0.717) is 12.5 Å². The van der Waals surface area contributed by atoms with Crippen molar-refractivity contribution in [3.63, 3.8) is 0 Å². The Balaban J connectivity index is 0.00000312. The predicted molar refractivity (Wildman–Crippen MR) is 114 cm³/mol. The number of sulfonamides is 1. The van der Waals surface area contributed by atoms with E-state index in [1.807, 2.05) is 11.4 Å². The van der Waals surface area contributed by atoms with Crippen molar-refractivity contribution in [1.82, 2.24) is 9.62 Å². The Morgan fingerprint density at radius 2 is 1.92 bits per heavy atom. The highest BCUT2D eigenvalue weighted by atomic mass is 127. The van der Waals surface area contributed by atoms with Gasteiger partial charge in [-0.3, -0.25) is 0 Å². The molecule has 0 saturated carbocycles. The lowest BCUT2D eigenvalue weighted by molar-refractivity contribution is 0.520. The highest BCUT2D eigenvalue weighted by Gasteiger charge is 2.16. The molecule has 25 heavy (non-hydrogen) atoms. The SMILES string of the molecule is CN(C)S(=O)(=O)c1ccc(CN=C(N)NCCc2cccs2)cc1.I. The molecule has 0 aliphatic heterocycles. The minimum Gasteiger partial charge on any atom is -0.370 e. The molecule has 0 saturated heterocycles. The number of hydrogen-bond acceptors (Lipinski definition) is 4. The Morgan fingerprint density at radius 3 is 2.48 bits per heavy atom. The smallest absolute Gasteiger partial charge is 0.242 e. The average molecular weight is 494 g/mol. The van der Waals surface area contributed by atoms with Crippen molar-refractivity contribution in [3.05, 3.63) is 52.2 Å². The van der Waals surface area contributed by atoms with Crippen LogP contribution in [0, 0.1) is 0 Å². The van der Waals surface area contributed by atoms with Crippen LogP contribution >= 0.6 is 35.3 Å². The Bertz CT molecular complexity index is 773. The number of guanidine groups is 1. The van der Waals surface area contributed by atoms with Crippen molar-refractivity contribution in [3.8, 4) is 0 Å². The van der Waals surface area contributed by atoms with Gasteiger partial charge in [-0.25, -0.2) is 17.7 Å². The van der Waals surface area contributed by atoms with Crippen LogP contribution in [0.2, 0.25) is 0 Å². The Labute approximate surface area is 170 Å². The standard InChI is InChI=1S/C16H22N4O2S2.HI/c1-20(2)24(21,22)15-7-5-13(6-8-15)12-19-16(17)18-10-9-14-4-3-11-23-14;/h3-8,11H,9-10,12H2,1-2H3,(H3,17,18,19);1H. The maximum atomic E-state index is 12.0. The fourth-order valence-electron chi connectivity index (χ4n) is 1.98. The van der Waals surface area contributed by atoms with Crippen LogP contribution < -0.4 is 11.1 Å². The summed E-state index contributed by atoms with van der Waals surface area (Å²) in [6.45, 7) is 1.13. The van der Waals surface area contributed by atoms with Crippen molar-refractivity contribution < 1.29 is 8.42 Å². The molecular weight excluding hydrogens is 471 g/mol. The van der Waals surface area contributed by atoms with E-state index >= 15 is 0 Å². The van der Waals surface area contributed by atoms with Gasteiger partial charge in [0.15, 0.2) is 5.96 Å². The Hall–Kier alpha value is -1.17. The Kier molecular flexibility index (Phi) is 8.83. The summed E-state index contributed by atoms with van der Waals surface area (Å²) in [5.74, 6) is 0.386. The van der Waals surface area contributed by atoms with E-state index in [1.54, 1.807) is 35.6 Å². The zero-order chi connectivity index (χ0) is 17.6. The third-order valence-electron chi connectivity index (χ3n) is 3.39. The molecule has 2 aromatic rings. The average Bonchev–Trinajstić information content (AvgIpc) is 3.06. The molecule has 138 valence electrons. The molecule has 2 rings (SSSR count). The lowest BCUT2D eigenvalue weighted by atomic mass is 10.2. The van der Waals surface area contributed by atoms with Crippen molar-refractivity contribution in [2.24, 2.45) is 10.7 Å². The topological polar surface area (TPSA) is 87.8 Å². The largest absolute Gasteiger partial charge is 0.370 e. The van der Waals surface area contributed by atoms with Crippen molar-refractivity contribution >= 4 is 51.3 Å². The maximum absolute atomic E-state index is 12.0. The molecule has 0 bridgehead atoms. The second-order valence-corrected chi connectivity index (χ2v) is 8.57. The van der Waals surface area contributed by atoms with E-state index in [-0.39, 0.29) is 28.9 Å². The number of thiophene rings is 1. The van der Waals surface area contributed by atoms with Crippen LogP contribution in [0.15, 0.2) is 51.7 Å². The summed E-state index contributed by atoms with van der Waals surface area (Å²) in [7, 11) is -0.377. The highest BCUT2D eigenvalue weighted by Crippen LogP contribution is 2.14. The third-order valence-corrected chi connectivity index (χ3v) is 6.16. The monoisotopic (exact) mass is 494 g/mol. The van der Waals surface area contributed by atoms with E-state index in [2.05, 4.69) is 16.4 Å². The minimum absolute atomic E-state index is 0. The second kappa shape index (κ2) is 10.1.